The van der Waals surface area contributed by atoms with Crippen LogP contribution in [-0.4, -0.2) is 19.5 Å². The third kappa shape index (κ3) is 3.51. The van der Waals surface area contributed by atoms with Gasteiger partial charge in [0.2, 0.25) is 5.95 Å². The van der Waals surface area contributed by atoms with E-state index in [1.807, 2.05) is 18.2 Å². The number of rotatable bonds is 3. The fraction of sp³-hybridized carbons (Fsp3) is 0. The van der Waals surface area contributed by atoms with E-state index in [2.05, 4.69) is 132 Å². The number of fused-ring (bicyclic) bond motifs is 4. The number of nitrogens with zero attached hydrogens (tertiary/aromatic N) is 4. The number of benzene rings is 7. The summed E-state index contributed by atoms with van der Waals surface area (Å²) >= 11 is 0. The molecule has 0 fully saturated rings. The van der Waals surface area contributed by atoms with Gasteiger partial charge in [-0.3, -0.25) is 4.57 Å². The molecule has 1 aliphatic carbocycles. The molecule has 7 aromatic carbocycles. The summed E-state index contributed by atoms with van der Waals surface area (Å²) in [5.74, 6) is 1.90. The van der Waals surface area contributed by atoms with E-state index in [1.165, 1.54) is 49.2 Å². The summed E-state index contributed by atoms with van der Waals surface area (Å²) in [7, 11) is 0. The van der Waals surface area contributed by atoms with Crippen LogP contribution in [0.2, 0.25) is 0 Å². The van der Waals surface area contributed by atoms with E-state index < -0.39 is 0 Å². The van der Waals surface area contributed by atoms with Gasteiger partial charge in [-0.05, 0) is 62.0 Å². The summed E-state index contributed by atoms with van der Waals surface area (Å²) in [6, 6.07) is 51.4. The Kier molecular flexibility index (Phi) is 4.96. The second-order valence-electron chi connectivity index (χ2n) is 11.7. The normalized spacial score (nSPS) is 12.0. The molecular formula is C41H24N4. The van der Waals surface area contributed by atoms with Crippen molar-refractivity contribution >= 4 is 43.4 Å². The molecule has 45 heavy (non-hydrogen) atoms. The van der Waals surface area contributed by atoms with Crippen LogP contribution in [0.4, 0.5) is 0 Å². The molecule has 0 amide bonds. The molecule has 0 atom stereocenters. The van der Waals surface area contributed by atoms with Crippen LogP contribution >= 0.6 is 0 Å². The molecule has 0 spiro atoms. The summed E-state index contributed by atoms with van der Waals surface area (Å²) < 4.78 is 2.23. The van der Waals surface area contributed by atoms with E-state index in [9.17, 15) is 0 Å². The largest absolute Gasteiger partial charge is 0.278 e. The van der Waals surface area contributed by atoms with Crippen molar-refractivity contribution < 1.29 is 0 Å². The van der Waals surface area contributed by atoms with Crippen LogP contribution in [0.5, 0.6) is 0 Å². The third-order valence-corrected chi connectivity index (χ3v) is 9.17. The summed E-state index contributed by atoms with van der Waals surface area (Å²) in [5.41, 5.74) is 9.05. The summed E-state index contributed by atoms with van der Waals surface area (Å²) in [4.78, 5) is 15.4. The third-order valence-electron chi connectivity index (χ3n) is 9.17. The van der Waals surface area contributed by atoms with Crippen LogP contribution in [0.1, 0.15) is 0 Å². The highest BCUT2D eigenvalue weighted by Gasteiger charge is 2.25. The first-order valence-corrected chi connectivity index (χ1v) is 15.2. The Labute approximate surface area is 258 Å². The van der Waals surface area contributed by atoms with Crippen molar-refractivity contribution in [2.45, 2.75) is 0 Å². The fourth-order valence-corrected chi connectivity index (χ4v) is 7.18. The minimum absolute atomic E-state index is 0.606. The predicted octanol–water partition coefficient (Wildman–Crippen LogP) is 10.3. The topological polar surface area (TPSA) is 43.6 Å². The van der Waals surface area contributed by atoms with Crippen LogP contribution in [-0.2, 0) is 0 Å². The minimum Gasteiger partial charge on any atom is -0.278 e. The van der Waals surface area contributed by atoms with E-state index in [1.54, 1.807) is 0 Å². The van der Waals surface area contributed by atoms with Crippen molar-refractivity contribution in [1.29, 1.82) is 0 Å². The van der Waals surface area contributed by atoms with Crippen LogP contribution in [0.25, 0.3) is 94.3 Å². The maximum absolute atomic E-state index is 5.21. The van der Waals surface area contributed by atoms with Gasteiger partial charge in [-0.15, -0.1) is 0 Å². The van der Waals surface area contributed by atoms with Crippen LogP contribution in [0.3, 0.4) is 0 Å². The molecule has 9 aromatic rings. The van der Waals surface area contributed by atoms with Crippen LogP contribution < -0.4 is 0 Å². The molecule has 0 radical (unpaired) electrons. The smallest absolute Gasteiger partial charge is 0.238 e. The first kappa shape index (κ1) is 24.3. The van der Waals surface area contributed by atoms with Gasteiger partial charge >= 0.3 is 0 Å². The average Bonchev–Trinajstić information content (AvgIpc) is 3.40. The molecule has 208 valence electrons. The zero-order valence-corrected chi connectivity index (χ0v) is 24.1. The highest BCUT2D eigenvalue weighted by atomic mass is 15.2. The SMILES string of the molecule is c1ccc(-c2nc(-c3ccc4ccccc4c3)nc(-n3c4cccc5c4c4c6c(cccc6ccc43)-c3ccccc3-5)n2)cc1. The van der Waals surface area contributed by atoms with E-state index >= 15 is 0 Å². The zero-order chi connectivity index (χ0) is 29.5. The van der Waals surface area contributed by atoms with Gasteiger partial charge in [0, 0.05) is 21.9 Å². The summed E-state index contributed by atoms with van der Waals surface area (Å²) in [5, 5.41) is 7.29. The molecule has 4 nitrogen and oxygen atoms in total. The van der Waals surface area contributed by atoms with Crippen molar-refractivity contribution in [3.05, 3.63) is 146 Å². The van der Waals surface area contributed by atoms with Gasteiger partial charge in [0.1, 0.15) is 0 Å². The molecule has 0 N–H and O–H groups in total. The first-order valence-electron chi connectivity index (χ1n) is 15.2. The number of aromatic nitrogens is 4. The van der Waals surface area contributed by atoms with Gasteiger partial charge in [-0.25, -0.2) is 4.98 Å². The van der Waals surface area contributed by atoms with Gasteiger partial charge < -0.3 is 0 Å². The second-order valence-corrected chi connectivity index (χ2v) is 11.7. The molecule has 10 rings (SSSR count). The molecular weight excluding hydrogens is 548 g/mol. The molecule has 0 aliphatic heterocycles. The lowest BCUT2D eigenvalue weighted by molar-refractivity contribution is 0.954. The van der Waals surface area contributed by atoms with E-state index in [0.717, 1.165) is 27.5 Å². The molecule has 0 bridgehead atoms. The van der Waals surface area contributed by atoms with Gasteiger partial charge in [-0.2, -0.15) is 9.97 Å². The molecule has 0 unspecified atom stereocenters. The standard InChI is InChI=1S/C41H24N4/c1-2-11-27(12-3-1)39-42-40(29-21-20-25-10-4-5-13-28(25)24-29)44-41(43-39)45-34-19-9-18-33-31-16-7-6-15-30(31)32-17-8-14-26-22-23-35(45)38(36(26)32)37(33)34/h1-24H. The Morgan fingerprint density at radius 2 is 0.956 bits per heavy atom. The molecule has 2 aromatic heterocycles. The van der Waals surface area contributed by atoms with Crippen molar-refractivity contribution in [3.63, 3.8) is 0 Å². The lowest BCUT2D eigenvalue weighted by Gasteiger charge is -2.14. The Hall–Kier alpha value is -6.13. The van der Waals surface area contributed by atoms with Crippen molar-refractivity contribution in [3.8, 4) is 51.0 Å². The summed E-state index contributed by atoms with van der Waals surface area (Å²) in [6.07, 6.45) is 0. The average molecular weight is 573 g/mol. The fourth-order valence-electron chi connectivity index (χ4n) is 7.18. The van der Waals surface area contributed by atoms with Crippen LogP contribution in [0.15, 0.2) is 146 Å². The highest BCUT2D eigenvalue weighted by Crippen LogP contribution is 2.49. The van der Waals surface area contributed by atoms with E-state index in [0.29, 0.717) is 17.6 Å². The number of hydrogen-bond donors (Lipinski definition) is 0. The van der Waals surface area contributed by atoms with Crippen molar-refractivity contribution in [2.75, 3.05) is 0 Å². The molecule has 1 aliphatic rings. The monoisotopic (exact) mass is 572 g/mol. The summed E-state index contributed by atoms with van der Waals surface area (Å²) in [6.45, 7) is 0. The zero-order valence-electron chi connectivity index (χ0n) is 24.1. The Morgan fingerprint density at radius 1 is 0.356 bits per heavy atom. The van der Waals surface area contributed by atoms with Crippen LogP contribution in [0, 0.1) is 0 Å². The Bertz CT molecular complexity index is 2650. The molecule has 4 heteroatoms. The van der Waals surface area contributed by atoms with Gasteiger partial charge in [-0.1, -0.05) is 127 Å². The van der Waals surface area contributed by atoms with Crippen molar-refractivity contribution in [1.82, 2.24) is 19.5 Å². The maximum Gasteiger partial charge on any atom is 0.238 e. The van der Waals surface area contributed by atoms with E-state index in [4.69, 9.17) is 15.0 Å². The Morgan fingerprint density at radius 3 is 1.78 bits per heavy atom. The molecule has 2 heterocycles. The highest BCUT2D eigenvalue weighted by molar-refractivity contribution is 6.30. The van der Waals surface area contributed by atoms with Gasteiger partial charge in [0.05, 0.1) is 11.0 Å². The molecule has 0 saturated carbocycles. The minimum atomic E-state index is 0.606. The maximum atomic E-state index is 5.21. The quantitative estimate of drug-likeness (QED) is 0.212. The first-order chi connectivity index (χ1) is 22.3. The Balaban J connectivity index is 1.34. The predicted molar refractivity (Wildman–Crippen MR) is 184 cm³/mol. The number of hydrogen-bond acceptors (Lipinski definition) is 3. The van der Waals surface area contributed by atoms with Crippen molar-refractivity contribution in [2.24, 2.45) is 0 Å². The van der Waals surface area contributed by atoms with Gasteiger partial charge in [0.25, 0.3) is 0 Å². The lowest BCUT2D eigenvalue weighted by atomic mass is 9.93. The van der Waals surface area contributed by atoms with Gasteiger partial charge in [0.15, 0.2) is 11.6 Å². The van der Waals surface area contributed by atoms with E-state index in [-0.39, 0.29) is 0 Å². The second kappa shape index (κ2) is 9.18. The lowest BCUT2D eigenvalue weighted by Crippen LogP contribution is -2.06. The molecule has 0 saturated heterocycles.